The van der Waals surface area contributed by atoms with Crippen LogP contribution in [0.3, 0.4) is 0 Å². The van der Waals surface area contributed by atoms with E-state index in [-0.39, 0.29) is 49.3 Å². The zero-order chi connectivity index (χ0) is 34.5. The van der Waals surface area contributed by atoms with Gasteiger partial charge < -0.3 is 35.8 Å². The molecule has 1 saturated heterocycles. The molecule has 1 fully saturated rings. The van der Waals surface area contributed by atoms with Crippen molar-refractivity contribution in [3.05, 3.63) is 65.7 Å². The van der Waals surface area contributed by atoms with Crippen LogP contribution < -0.4 is 26.0 Å². The summed E-state index contributed by atoms with van der Waals surface area (Å²) in [6.07, 6.45) is 3.74. The molecule has 5 amide bonds. The second-order valence-corrected chi connectivity index (χ2v) is 13.0. The molecular weight excluding hydrogens is 612 g/mol. The minimum Gasteiger partial charge on any atom is -0.491 e. The number of hydrogen-bond acceptors (Lipinski definition) is 7. The van der Waals surface area contributed by atoms with Crippen LogP contribution in [0.15, 0.2) is 54.6 Å². The minimum absolute atomic E-state index is 0.0550. The highest BCUT2D eigenvalue weighted by molar-refractivity contribution is 6.01. The van der Waals surface area contributed by atoms with Crippen molar-refractivity contribution in [1.82, 2.24) is 31.1 Å². The van der Waals surface area contributed by atoms with Crippen LogP contribution in [0, 0.1) is 5.92 Å². The predicted molar refractivity (Wildman–Crippen MR) is 182 cm³/mol. The van der Waals surface area contributed by atoms with E-state index in [1.807, 2.05) is 44.2 Å². The van der Waals surface area contributed by atoms with Crippen LogP contribution in [0.25, 0.3) is 0 Å². The maximum atomic E-state index is 13.9. The quantitative estimate of drug-likeness (QED) is 0.301. The van der Waals surface area contributed by atoms with Crippen LogP contribution in [0.4, 0.5) is 0 Å². The second-order valence-electron chi connectivity index (χ2n) is 13.0. The molecule has 0 radical (unpaired) electrons. The Morgan fingerprint density at radius 3 is 2.38 bits per heavy atom. The number of hydrogen-bond donors (Lipinski definition) is 4. The molecule has 2 aromatic carbocycles. The van der Waals surface area contributed by atoms with E-state index in [9.17, 15) is 24.0 Å². The van der Waals surface area contributed by atoms with Gasteiger partial charge in [-0.3, -0.25) is 24.0 Å². The van der Waals surface area contributed by atoms with Crippen LogP contribution >= 0.6 is 0 Å². The van der Waals surface area contributed by atoms with E-state index in [1.54, 1.807) is 31.2 Å². The number of unbranched alkanes of at least 4 members (excludes halogenated alkanes) is 1. The molecule has 12 nitrogen and oxygen atoms in total. The Kier molecular flexibility index (Phi) is 13.8. The Balaban J connectivity index is 1.59. The number of carbonyl (C=O) groups excluding carboxylic acids is 5. The van der Waals surface area contributed by atoms with Crippen LogP contribution in [0.1, 0.15) is 68.8 Å². The molecule has 0 spiro atoms. The number of nitrogens with zero attached hydrogens (tertiary/aromatic N) is 2. The molecule has 2 aliphatic heterocycles. The molecule has 3 atom stereocenters. The number of amides is 5. The number of para-hydroxylation sites is 1. The molecule has 260 valence electrons. The fraction of sp³-hybridized carbons (Fsp3) is 0.528. The first kappa shape index (κ1) is 36.4. The highest BCUT2D eigenvalue weighted by atomic mass is 16.5. The van der Waals surface area contributed by atoms with E-state index < -0.39 is 41.8 Å². The van der Waals surface area contributed by atoms with Crippen molar-refractivity contribution in [2.75, 3.05) is 39.3 Å². The SMILES string of the molecule is CC(C)[C@H]1NC(=O)CN(Cc2ccccc2)C(=O)C[C@@H](C(=O)NCCCCN2CCCC2)NC(=O)c2ccccc2OC[C@H](C)NC1=O. The van der Waals surface area contributed by atoms with Gasteiger partial charge in [0.05, 0.1) is 24.6 Å². The van der Waals surface area contributed by atoms with Gasteiger partial charge in [0.25, 0.3) is 5.91 Å². The summed E-state index contributed by atoms with van der Waals surface area (Å²) in [6.45, 7) is 8.80. The number of nitrogens with one attached hydrogen (secondary N) is 4. The fourth-order valence-corrected chi connectivity index (χ4v) is 5.88. The van der Waals surface area contributed by atoms with E-state index in [0.29, 0.717) is 6.54 Å². The van der Waals surface area contributed by atoms with Gasteiger partial charge in [-0.25, -0.2) is 0 Å². The number of rotatable bonds is 9. The van der Waals surface area contributed by atoms with Crippen molar-refractivity contribution in [2.24, 2.45) is 5.92 Å². The summed E-state index contributed by atoms with van der Waals surface area (Å²) >= 11 is 0. The molecule has 12 heteroatoms. The average Bonchev–Trinajstić information content (AvgIpc) is 3.59. The summed E-state index contributed by atoms with van der Waals surface area (Å²) in [5, 5.41) is 11.3. The van der Waals surface area contributed by atoms with Gasteiger partial charge in [-0.05, 0) is 75.9 Å². The van der Waals surface area contributed by atoms with Crippen molar-refractivity contribution in [3.8, 4) is 5.75 Å². The third-order valence-corrected chi connectivity index (χ3v) is 8.58. The van der Waals surface area contributed by atoms with Crippen LogP contribution in [-0.2, 0) is 25.7 Å². The van der Waals surface area contributed by atoms with E-state index >= 15 is 0 Å². The zero-order valence-electron chi connectivity index (χ0n) is 28.3. The number of carbonyl (C=O) groups is 5. The average molecular weight is 663 g/mol. The lowest BCUT2D eigenvalue weighted by Crippen LogP contribution is -2.54. The number of likely N-dealkylation sites (tertiary alicyclic amines) is 1. The smallest absolute Gasteiger partial charge is 0.255 e. The summed E-state index contributed by atoms with van der Waals surface area (Å²) < 4.78 is 5.95. The molecule has 0 unspecified atom stereocenters. The molecule has 0 aromatic heterocycles. The summed E-state index contributed by atoms with van der Waals surface area (Å²) in [6, 6.07) is 13.3. The maximum absolute atomic E-state index is 13.9. The first-order chi connectivity index (χ1) is 23.1. The van der Waals surface area contributed by atoms with Crippen molar-refractivity contribution in [2.45, 2.75) is 77.5 Å². The maximum Gasteiger partial charge on any atom is 0.255 e. The van der Waals surface area contributed by atoms with E-state index in [1.165, 1.54) is 17.7 Å². The third kappa shape index (κ3) is 11.1. The highest BCUT2D eigenvalue weighted by Gasteiger charge is 2.31. The van der Waals surface area contributed by atoms with Gasteiger partial charge in [-0.2, -0.15) is 0 Å². The summed E-state index contributed by atoms with van der Waals surface area (Å²) in [4.78, 5) is 71.5. The lowest BCUT2D eigenvalue weighted by atomic mass is 10.0. The topological polar surface area (TPSA) is 149 Å². The third-order valence-electron chi connectivity index (χ3n) is 8.58. The summed E-state index contributed by atoms with van der Waals surface area (Å²) in [5.41, 5.74) is 0.972. The standard InChI is InChI=1S/C36H50N6O6/c1-25(2)33-36(47)38-26(3)24-48-30-16-8-7-15-28(30)34(45)39-29(35(46)37-17-9-10-18-41-19-11-12-20-41)21-32(44)42(23-31(43)40-33)22-27-13-5-4-6-14-27/h4-8,13-16,25-26,29,33H,9-12,17-24H2,1-3H3,(H,37,46)(H,38,47)(H,39,45)(H,40,43)/t26-,29-,33+/m0/s1. The normalized spacial score (nSPS) is 21.8. The molecule has 2 aromatic rings. The number of benzene rings is 2. The first-order valence-electron chi connectivity index (χ1n) is 17.0. The van der Waals surface area contributed by atoms with Crippen molar-refractivity contribution in [3.63, 3.8) is 0 Å². The molecule has 0 bridgehead atoms. The Bertz CT molecular complexity index is 1400. The van der Waals surface area contributed by atoms with Gasteiger partial charge in [-0.15, -0.1) is 0 Å². The van der Waals surface area contributed by atoms with Gasteiger partial charge >= 0.3 is 0 Å². The monoisotopic (exact) mass is 662 g/mol. The van der Waals surface area contributed by atoms with Gasteiger partial charge in [0.1, 0.15) is 24.4 Å². The van der Waals surface area contributed by atoms with E-state index in [4.69, 9.17) is 4.74 Å². The molecule has 4 rings (SSSR count). The van der Waals surface area contributed by atoms with Crippen LogP contribution in [-0.4, -0.2) is 96.8 Å². The molecule has 0 saturated carbocycles. The molecule has 0 aliphatic carbocycles. The largest absolute Gasteiger partial charge is 0.491 e. The second kappa shape index (κ2) is 18.2. The van der Waals surface area contributed by atoms with Crippen LogP contribution in [0.5, 0.6) is 5.75 Å². The Labute approximate surface area is 283 Å². The number of ether oxygens (including phenoxy) is 1. The van der Waals surface area contributed by atoms with Crippen molar-refractivity contribution in [1.29, 1.82) is 0 Å². The predicted octanol–water partition coefficient (Wildman–Crippen LogP) is 2.23. The Morgan fingerprint density at radius 1 is 0.938 bits per heavy atom. The molecule has 48 heavy (non-hydrogen) atoms. The van der Waals surface area contributed by atoms with E-state index in [0.717, 1.165) is 38.0 Å². The van der Waals surface area contributed by atoms with Gasteiger partial charge in [0.2, 0.25) is 23.6 Å². The molecule has 2 aliphatic rings. The van der Waals surface area contributed by atoms with Crippen LogP contribution in [0.2, 0.25) is 0 Å². The van der Waals surface area contributed by atoms with Gasteiger partial charge in [0, 0.05) is 13.1 Å². The minimum atomic E-state index is -1.21. The van der Waals surface area contributed by atoms with Gasteiger partial charge in [0.15, 0.2) is 0 Å². The number of fused-ring (bicyclic) bond motifs is 1. The Morgan fingerprint density at radius 2 is 1.65 bits per heavy atom. The van der Waals surface area contributed by atoms with Crippen molar-refractivity contribution >= 4 is 29.5 Å². The molecular formula is C36H50N6O6. The summed E-state index contributed by atoms with van der Waals surface area (Å²) in [5.74, 6) is -2.45. The lowest BCUT2D eigenvalue weighted by Gasteiger charge is -2.27. The van der Waals surface area contributed by atoms with Crippen molar-refractivity contribution < 1.29 is 28.7 Å². The lowest BCUT2D eigenvalue weighted by molar-refractivity contribution is -0.139. The first-order valence-corrected chi connectivity index (χ1v) is 17.0. The molecule has 4 N–H and O–H groups in total. The zero-order valence-corrected chi connectivity index (χ0v) is 28.3. The van der Waals surface area contributed by atoms with E-state index in [2.05, 4.69) is 26.2 Å². The fourth-order valence-electron chi connectivity index (χ4n) is 5.88. The van der Waals surface area contributed by atoms with Gasteiger partial charge in [-0.1, -0.05) is 56.3 Å². The molecule has 2 heterocycles. The highest BCUT2D eigenvalue weighted by Crippen LogP contribution is 2.19. The Hall–Kier alpha value is -4.45. The summed E-state index contributed by atoms with van der Waals surface area (Å²) in [7, 11) is 0.